The summed E-state index contributed by atoms with van der Waals surface area (Å²) in [7, 11) is 2.61. The van der Waals surface area contributed by atoms with E-state index in [2.05, 4.69) is 20.9 Å². The van der Waals surface area contributed by atoms with Gasteiger partial charge in [-0.05, 0) is 87.1 Å². The van der Waals surface area contributed by atoms with Gasteiger partial charge in [0.2, 0.25) is 0 Å². The van der Waals surface area contributed by atoms with Crippen LogP contribution in [0.5, 0.6) is 11.5 Å². The van der Waals surface area contributed by atoms with Crippen LogP contribution in [0.2, 0.25) is 5.02 Å². The number of aromatic hydroxyl groups is 1. The van der Waals surface area contributed by atoms with Crippen LogP contribution in [0.15, 0.2) is 57.6 Å². The molecule has 1 aliphatic heterocycles. The van der Waals surface area contributed by atoms with E-state index in [9.17, 15) is 37.5 Å². The first-order valence-corrected chi connectivity index (χ1v) is 15.7. The van der Waals surface area contributed by atoms with Gasteiger partial charge in [-0.2, -0.15) is 18.2 Å². The molecule has 0 radical (unpaired) electrons. The number of imide groups is 1. The number of halogens is 6. The maximum atomic E-state index is 14.1. The molecule has 0 spiro atoms. The Morgan fingerprint density at radius 3 is 2.53 bits per heavy atom. The molecule has 234 valence electrons. The van der Waals surface area contributed by atoms with E-state index < -0.39 is 64.7 Å². The molecule has 0 saturated carbocycles. The van der Waals surface area contributed by atoms with Crippen molar-refractivity contribution in [2.45, 2.75) is 24.9 Å². The molecule has 1 aromatic carbocycles. The number of ketones is 2. The molecule has 1 aromatic heterocycles. The fraction of sp³-hybridized carbons (Fsp3) is 0.300. The molecule has 4 aliphatic rings. The molecule has 2 amide bonds. The van der Waals surface area contributed by atoms with Gasteiger partial charge in [0.05, 0.1) is 32.0 Å². The third-order valence-electron chi connectivity index (χ3n) is 8.64. The molecule has 15 heteroatoms. The van der Waals surface area contributed by atoms with Crippen molar-refractivity contribution in [3.8, 4) is 11.5 Å². The van der Waals surface area contributed by atoms with Gasteiger partial charge in [-0.3, -0.25) is 24.2 Å². The van der Waals surface area contributed by atoms with E-state index in [-0.39, 0.29) is 45.0 Å². The lowest BCUT2D eigenvalue weighted by Crippen LogP contribution is -2.46. The van der Waals surface area contributed by atoms with Crippen LogP contribution in [0.25, 0.3) is 0 Å². The number of methoxy groups -OCH3 is 1. The second-order valence-corrected chi connectivity index (χ2v) is 13.4. The summed E-state index contributed by atoms with van der Waals surface area (Å²) in [6.07, 6.45) is -1.71. The number of nitrogens with zero attached hydrogens (tertiary/aromatic N) is 3. The highest BCUT2D eigenvalue weighted by molar-refractivity contribution is 14.1. The smallest absolute Gasteiger partial charge is 0.433 e. The number of amides is 2. The molecule has 1 fully saturated rings. The molecule has 2 aromatic rings. The van der Waals surface area contributed by atoms with Gasteiger partial charge in [-0.15, -0.1) is 0 Å². The number of alkyl halides is 3. The Balaban J connectivity index is 1.45. The van der Waals surface area contributed by atoms with Crippen molar-refractivity contribution < 1.29 is 42.2 Å². The number of hydrazine groups is 1. The lowest BCUT2D eigenvalue weighted by molar-refractivity contribution is -0.141. The van der Waals surface area contributed by atoms with Gasteiger partial charge in [0.15, 0.2) is 28.9 Å². The van der Waals surface area contributed by atoms with Gasteiger partial charge in [0, 0.05) is 30.2 Å². The normalized spacial score (nSPS) is 24.7. The summed E-state index contributed by atoms with van der Waals surface area (Å²) in [6, 6.07) is 4.92. The monoisotopic (exact) mass is 817 g/mol. The first kappa shape index (κ1) is 31.7. The van der Waals surface area contributed by atoms with Gasteiger partial charge in [0.25, 0.3) is 11.8 Å². The van der Waals surface area contributed by atoms with E-state index in [1.807, 2.05) is 22.6 Å². The maximum absolute atomic E-state index is 14.1. The number of ether oxygens (including phenoxy) is 1. The number of aromatic nitrogens is 1. The van der Waals surface area contributed by atoms with Gasteiger partial charge in [-0.1, -0.05) is 23.3 Å². The number of pyridine rings is 1. The first-order valence-electron chi connectivity index (χ1n) is 13.5. The number of hydrogen-bond acceptors (Lipinski definition) is 8. The Bertz CT molecular complexity index is 1830. The molecular formula is C30H21BrClF3IN3O6. The van der Waals surface area contributed by atoms with Crippen LogP contribution in [0.4, 0.5) is 19.0 Å². The molecule has 4 atom stereocenters. The molecule has 9 nitrogen and oxygen atoms in total. The van der Waals surface area contributed by atoms with E-state index in [1.165, 1.54) is 20.2 Å². The summed E-state index contributed by atoms with van der Waals surface area (Å²) in [4.78, 5) is 58.4. The van der Waals surface area contributed by atoms with Crippen LogP contribution in [0, 0.1) is 21.3 Å². The SMILES string of the molecule is COc1cc(C2C3=CCC4C(=O)N(N(C)c5nc(C(F)(F)F)ccc5Cl)C(=O)C4C3CC3=C2C(=O)C=C(Br)C3=O)cc(I)c1O. The summed E-state index contributed by atoms with van der Waals surface area (Å²) in [6.45, 7) is 0. The van der Waals surface area contributed by atoms with E-state index in [4.69, 9.17) is 16.3 Å². The number of Topliss-reactive ketones (excluding diaryl/α,β-unsaturated/α-hetero) is 1. The van der Waals surface area contributed by atoms with Crippen LogP contribution in [0.1, 0.15) is 30.0 Å². The average molecular weight is 819 g/mol. The highest BCUT2D eigenvalue weighted by Gasteiger charge is 2.58. The topological polar surface area (TPSA) is 117 Å². The zero-order chi connectivity index (χ0) is 32.7. The van der Waals surface area contributed by atoms with Gasteiger partial charge in [-0.25, -0.2) is 4.98 Å². The van der Waals surface area contributed by atoms with E-state index in [1.54, 1.807) is 18.2 Å². The number of rotatable bonds is 4. The fourth-order valence-electron chi connectivity index (χ4n) is 6.69. The molecule has 45 heavy (non-hydrogen) atoms. The molecule has 0 bridgehead atoms. The number of fused-ring (bicyclic) bond motifs is 3. The minimum Gasteiger partial charge on any atom is -0.504 e. The second-order valence-electron chi connectivity index (χ2n) is 11.0. The van der Waals surface area contributed by atoms with E-state index in [0.29, 0.717) is 20.8 Å². The predicted molar refractivity (Wildman–Crippen MR) is 166 cm³/mol. The van der Waals surface area contributed by atoms with E-state index >= 15 is 0 Å². The maximum Gasteiger partial charge on any atom is 0.433 e. The molecule has 1 N–H and O–H groups in total. The average Bonchev–Trinajstić information content (AvgIpc) is 3.24. The predicted octanol–water partition coefficient (Wildman–Crippen LogP) is 5.89. The highest BCUT2D eigenvalue weighted by atomic mass is 127. The zero-order valence-corrected chi connectivity index (χ0v) is 27.8. The number of carbonyl (C=O) groups excluding carboxylic acids is 4. The van der Waals surface area contributed by atoms with Crippen molar-refractivity contribution in [3.63, 3.8) is 0 Å². The van der Waals surface area contributed by atoms with Crippen molar-refractivity contribution in [1.29, 1.82) is 0 Å². The number of carbonyl (C=O) groups is 4. The third-order valence-corrected chi connectivity index (χ3v) is 10.3. The van der Waals surface area contributed by atoms with Gasteiger partial charge < -0.3 is 9.84 Å². The van der Waals surface area contributed by atoms with Crippen molar-refractivity contribution in [1.82, 2.24) is 9.99 Å². The number of phenols is 1. The molecule has 6 rings (SSSR count). The van der Waals surface area contributed by atoms with Crippen LogP contribution < -0.4 is 9.75 Å². The second kappa shape index (κ2) is 11.2. The summed E-state index contributed by atoms with van der Waals surface area (Å²) in [5.41, 5.74) is 0.361. The number of allylic oxidation sites excluding steroid dienone is 6. The van der Waals surface area contributed by atoms with Crippen molar-refractivity contribution >= 4 is 79.3 Å². The first-order chi connectivity index (χ1) is 21.1. The zero-order valence-electron chi connectivity index (χ0n) is 23.3. The standard InChI is InChI=1S/C30H21BrClF3IN3O6/c1-38(27-17(32)5-6-21(37-27)30(33,34)35)39-28(43)13-4-3-12-14(23(13)29(39)44)9-15-24(19(40)10-16(31)25(15)41)22(12)11-7-18(36)26(42)20(8-11)45-2/h3,5-8,10,13-14,22-23,42H,4,9H2,1-2H3. The number of benzene rings is 1. The van der Waals surface area contributed by atoms with Gasteiger partial charge in [0.1, 0.15) is 5.69 Å². The van der Waals surface area contributed by atoms with Gasteiger partial charge >= 0.3 is 6.18 Å². The summed E-state index contributed by atoms with van der Waals surface area (Å²) >= 11 is 11.3. The Morgan fingerprint density at radius 2 is 1.87 bits per heavy atom. The summed E-state index contributed by atoms with van der Waals surface area (Å²) < 4.78 is 46.2. The number of anilines is 1. The van der Waals surface area contributed by atoms with Crippen LogP contribution >= 0.6 is 50.1 Å². The Labute approximate surface area is 281 Å². The molecule has 1 saturated heterocycles. The third kappa shape index (κ3) is 4.99. The Kier molecular flexibility index (Phi) is 7.92. The molecular weight excluding hydrogens is 798 g/mol. The van der Waals surface area contributed by atoms with Crippen LogP contribution in [0.3, 0.4) is 0 Å². The Hall–Kier alpha value is -3.24. The van der Waals surface area contributed by atoms with Crippen LogP contribution in [-0.2, 0) is 25.4 Å². The van der Waals surface area contributed by atoms with Crippen molar-refractivity contribution in [2.24, 2.45) is 17.8 Å². The van der Waals surface area contributed by atoms with E-state index in [0.717, 1.165) is 16.1 Å². The quantitative estimate of drug-likeness (QED) is 0.176. The molecule has 3 aliphatic carbocycles. The summed E-state index contributed by atoms with van der Waals surface area (Å²) in [5, 5.41) is 12.0. The van der Waals surface area contributed by atoms with Crippen molar-refractivity contribution in [2.75, 3.05) is 19.2 Å². The number of hydrogen-bond donors (Lipinski definition) is 1. The largest absolute Gasteiger partial charge is 0.504 e. The van der Waals surface area contributed by atoms with Crippen molar-refractivity contribution in [3.05, 3.63) is 77.5 Å². The lowest BCUT2D eigenvalue weighted by atomic mass is 9.59. The van der Waals surface area contributed by atoms with Crippen LogP contribution in [-0.4, -0.2) is 52.6 Å². The highest BCUT2D eigenvalue weighted by Crippen LogP contribution is 2.56. The molecule has 4 unspecified atom stereocenters. The lowest BCUT2D eigenvalue weighted by Gasteiger charge is -2.42. The number of phenolic OH excluding ortho intramolecular Hbond substituents is 1. The minimum absolute atomic E-state index is 0.0161. The summed E-state index contributed by atoms with van der Waals surface area (Å²) in [5.74, 6) is -5.95. The molecule has 2 heterocycles. The minimum atomic E-state index is -4.80. The fourth-order valence-corrected chi connectivity index (χ4v) is 7.99. The Morgan fingerprint density at radius 1 is 1.16 bits per heavy atom.